The van der Waals surface area contributed by atoms with Gasteiger partial charge < -0.3 is 10.1 Å². The molecule has 1 aromatic carbocycles. The number of hydrogen-bond donors (Lipinski definition) is 1. The Balaban J connectivity index is 1.42. The van der Waals surface area contributed by atoms with Gasteiger partial charge in [-0.1, -0.05) is 18.6 Å². The van der Waals surface area contributed by atoms with Crippen LogP contribution in [-0.2, 0) is 26.0 Å². The number of ether oxygens (including phenoxy) is 1. The van der Waals surface area contributed by atoms with E-state index in [0.717, 1.165) is 18.7 Å². The van der Waals surface area contributed by atoms with Crippen molar-refractivity contribution in [3.05, 3.63) is 29.8 Å². The number of amides is 1. The van der Waals surface area contributed by atoms with Gasteiger partial charge in [-0.25, -0.2) is 8.42 Å². The van der Waals surface area contributed by atoms with Gasteiger partial charge in [0.1, 0.15) is 0 Å². The van der Waals surface area contributed by atoms with Crippen LogP contribution in [0, 0.1) is 0 Å². The van der Waals surface area contributed by atoms with Crippen molar-refractivity contribution >= 4 is 15.9 Å². The predicted molar refractivity (Wildman–Crippen MR) is 112 cm³/mol. The normalized spacial score (nSPS) is 21.8. The van der Waals surface area contributed by atoms with Crippen LogP contribution in [0.5, 0.6) is 0 Å². The average molecular weight is 424 g/mol. The van der Waals surface area contributed by atoms with E-state index in [4.69, 9.17) is 4.74 Å². The Labute approximate surface area is 174 Å². The van der Waals surface area contributed by atoms with Crippen LogP contribution in [0.25, 0.3) is 0 Å². The molecule has 2 aliphatic rings. The fourth-order valence-electron chi connectivity index (χ4n) is 3.94. The summed E-state index contributed by atoms with van der Waals surface area (Å²) in [6, 6.07) is 7.48. The molecule has 0 aliphatic carbocycles. The van der Waals surface area contributed by atoms with E-state index in [2.05, 4.69) is 17.1 Å². The monoisotopic (exact) mass is 423 g/mol. The molecule has 162 valence electrons. The number of morpholine rings is 1. The van der Waals surface area contributed by atoms with E-state index >= 15 is 0 Å². The second-order valence-corrected chi connectivity index (χ2v) is 9.83. The third kappa shape index (κ3) is 6.25. The van der Waals surface area contributed by atoms with Gasteiger partial charge in [0.05, 0.1) is 18.1 Å². The zero-order chi connectivity index (χ0) is 20.7. The molecule has 2 aliphatic heterocycles. The Hall–Kier alpha value is -1.48. The zero-order valence-corrected chi connectivity index (χ0v) is 18.1. The second kappa shape index (κ2) is 10.5. The number of carbonyl (C=O) groups excluding carboxylic acids is 1. The third-order valence-electron chi connectivity index (χ3n) is 5.83. The van der Waals surface area contributed by atoms with Gasteiger partial charge in [-0.2, -0.15) is 4.31 Å². The number of aryl methyl sites for hydroxylation is 1. The lowest BCUT2D eigenvalue weighted by atomic mass is 10.0. The van der Waals surface area contributed by atoms with Gasteiger partial charge >= 0.3 is 0 Å². The van der Waals surface area contributed by atoms with E-state index in [0.29, 0.717) is 56.6 Å². The first-order valence-electron chi connectivity index (χ1n) is 10.6. The molecular weight excluding hydrogens is 390 g/mol. The minimum atomic E-state index is -3.47. The number of likely N-dealkylation sites (tertiary alicyclic amines) is 1. The Morgan fingerprint density at radius 1 is 1.14 bits per heavy atom. The Bertz CT molecular complexity index is 761. The lowest BCUT2D eigenvalue weighted by molar-refractivity contribution is -0.121. The lowest BCUT2D eigenvalue weighted by Gasteiger charge is -2.33. The number of piperidine rings is 1. The van der Waals surface area contributed by atoms with Crippen LogP contribution in [0.1, 0.15) is 38.2 Å². The third-order valence-corrected chi connectivity index (χ3v) is 7.75. The van der Waals surface area contributed by atoms with Gasteiger partial charge in [0.25, 0.3) is 0 Å². The van der Waals surface area contributed by atoms with Crippen molar-refractivity contribution in [3.8, 4) is 0 Å². The highest BCUT2D eigenvalue weighted by Gasteiger charge is 2.26. The topological polar surface area (TPSA) is 79.0 Å². The second-order valence-electron chi connectivity index (χ2n) is 7.89. The van der Waals surface area contributed by atoms with Gasteiger partial charge in [-0.05, 0) is 50.4 Å². The van der Waals surface area contributed by atoms with Gasteiger partial charge in [0.15, 0.2) is 0 Å². The molecule has 8 heteroatoms. The highest BCUT2D eigenvalue weighted by atomic mass is 32.2. The number of sulfonamides is 1. The maximum absolute atomic E-state index is 12.6. The maximum atomic E-state index is 12.6. The quantitative estimate of drug-likeness (QED) is 0.688. The van der Waals surface area contributed by atoms with Crippen molar-refractivity contribution in [1.82, 2.24) is 14.5 Å². The summed E-state index contributed by atoms with van der Waals surface area (Å²) in [5.41, 5.74) is 0.964. The zero-order valence-electron chi connectivity index (χ0n) is 17.3. The molecule has 2 fully saturated rings. The molecule has 7 nitrogen and oxygen atoms in total. The molecule has 0 radical (unpaired) electrons. The molecule has 0 saturated carbocycles. The summed E-state index contributed by atoms with van der Waals surface area (Å²) in [6.45, 7) is 6.61. The van der Waals surface area contributed by atoms with Gasteiger partial charge in [0.2, 0.25) is 15.9 Å². The SMILES string of the molecule is CC1CCCCN1CCNC(=O)CCc1ccc(S(=O)(=O)N2CCOCC2)cc1. The summed E-state index contributed by atoms with van der Waals surface area (Å²) >= 11 is 0. The molecule has 1 amide bonds. The van der Waals surface area contributed by atoms with Crippen LogP contribution >= 0.6 is 0 Å². The summed E-state index contributed by atoms with van der Waals surface area (Å²) in [5.74, 6) is 0.0414. The van der Waals surface area contributed by atoms with Crippen molar-refractivity contribution in [3.63, 3.8) is 0 Å². The van der Waals surface area contributed by atoms with Crippen LogP contribution in [0.2, 0.25) is 0 Å². The van der Waals surface area contributed by atoms with Gasteiger partial charge in [0, 0.05) is 38.6 Å². The molecule has 2 saturated heterocycles. The van der Waals surface area contributed by atoms with Crippen LogP contribution in [0.15, 0.2) is 29.2 Å². The molecule has 0 spiro atoms. The summed E-state index contributed by atoms with van der Waals surface area (Å²) in [4.78, 5) is 14.9. The Morgan fingerprint density at radius 2 is 1.86 bits per heavy atom. The minimum Gasteiger partial charge on any atom is -0.379 e. The van der Waals surface area contributed by atoms with Crippen molar-refractivity contribution in [2.24, 2.45) is 0 Å². The first-order chi connectivity index (χ1) is 14.0. The molecular formula is C21H33N3O4S. The fourth-order valence-corrected chi connectivity index (χ4v) is 5.35. The molecule has 29 heavy (non-hydrogen) atoms. The van der Waals surface area contributed by atoms with E-state index in [9.17, 15) is 13.2 Å². The van der Waals surface area contributed by atoms with E-state index in [-0.39, 0.29) is 5.91 Å². The predicted octanol–water partition coefficient (Wildman–Crippen LogP) is 1.63. The molecule has 1 aromatic rings. The van der Waals surface area contributed by atoms with Crippen molar-refractivity contribution < 1.29 is 17.9 Å². The lowest BCUT2D eigenvalue weighted by Crippen LogP contribution is -2.42. The summed E-state index contributed by atoms with van der Waals surface area (Å²) < 4.78 is 32.0. The summed E-state index contributed by atoms with van der Waals surface area (Å²) in [5, 5.41) is 3.00. The molecule has 0 bridgehead atoms. The highest BCUT2D eigenvalue weighted by Crippen LogP contribution is 2.18. The van der Waals surface area contributed by atoms with Crippen molar-refractivity contribution in [2.75, 3.05) is 45.9 Å². The van der Waals surface area contributed by atoms with Gasteiger partial charge in [-0.3, -0.25) is 9.69 Å². The largest absolute Gasteiger partial charge is 0.379 e. The first-order valence-corrected chi connectivity index (χ1v) is 12.1. The number of nitrogens with zero attached hydrogens (tertiary/aromatic N) is 2. The average Bonchev–Trinajstić information content (AvgIpc) is 2.74. The molecule has 2 heterocycles. The number of nitrogens with one attached hydrogen (secondary N) is 1. The van der Waals surface area contributed by atoms with E-state index in [1.807, 2.05) is 0 Å². The van der Waals surface area contributed by atoms with Crippen LogP contribution in [0.3, 0.4) is 0 Å². The smallest absolute Gasteiger partial charge is 0.243 e. The minimum absolute atomic E-state index is 0.0414. The van der Waals surface area contributed by atoms with Gasteiger partial charge in [-0.15, -0.1) is 0 Å². The van der Waals surface area contributed by atoms with Crippen molar-refractivity contribution in [1.29, 1.82) is 0 Å². The van der Waals surface area contributed by atoms with E-state index < -0.39 is 10.0 Å². The maximum Gasteiger partial charge on any atom is 0.243 e. The molecule has 3 rings (SSSR count). The fraction of sp³-hybridized carbons (Fsp3) is 0.667. The molecule has 1 unspecified atom stereocenters. The number of rotatable bonds is 8. The number of hydrogen-bond acceptors (Lipinski definition) is 5. The van der Waals surface area contributed by atoms with Crippen molar-refractivity contribution in [2.45, 2.75) is 50.0 Å². The highest BCUT2D eigenvalue weighted by molar-refractivity contribution is 7.89. The molecule has 1 N–H and O–H groups in total. The standard InChI is InChI=1S/C21H33N3O4S/c1-18-4-2-3-12-23(18)13-11-22-21(25)10-7-19-5-8-20(9-6-19)29(26,27)24-14-16-28-17-15-24/h5-6,8-9,18H,2-4,7,10-17H2,1H3,(H,22,25). The van der Waals surface area contributed by atoms with Crippen LogP contribution in [-0.4, -0.2) is 75.5 Å². The van der Waals surface area contributed by atoms with E-state index in [1.54, 1.807) is 24.3 Å². The first kappa shape index (κ1) is 22.2. The Kier molecular flexibility index (Phi) is 8.06. The summed E-state index contributed by atoms with van der Waals surface area (Å²) in [6.07, 6.45) is 4.80. The van der Waals surface area contributed by atoms with Crippen LogP contribution in [0.4, 0.5) is 0 Å². The van der Waals surface area contributed by atoms with Crippen LogP contribution < -0.4 is 5.32 Å². The van der Waals surface area contributed by atoms with E-state index in [1.165, 1.54) is 23.6 Å². The number of carbonyl (C=O) groups is 1. The summed E-state index contributed by atoms with van der Waals surface area (Å²) in [7, 11) is -3.47. The molecule has 1 atom stereocenters. The number of benzene rings is 1. The Morgan fingerprint density at radius 3 is 2.55 bits per heavy atom. The molecule has 0 aromatic heterocycles.